The van der Waals surface area contributed by atoms with E-state index in [9.17, 15) is 18.0 Å². The van der Waals surface area contributed by atoms with Gasteiger partial charge in [-0.1, -0.05) is 30.3 Å². The van der Waals surface area contributed by atoms with E-state index in [0.29, 0.717) is 36.9 Å². The highest BCUT2D eigenvalue weighted by molar-refractivity contribution is 7.89. The molecular formula is C24H24N2O6S2. The summed E-state index contributed by atoms with van der Waals surface area (Å²) in [7, 11) is -3.65. The molecule has 4 rings (SSSR count). The fourth-order valence-electron chi connectivity index (χ4n) is 3.49. The Kier molecular flexibility index (Phi) is 7.42. The van der Waals surface area contributed by atoms with Crippen molar-refractivity contribution in [3.8, 4) is 10.4 Å². The average Bonchev–Trinajstić information content (AvgIpc) is 3.29. The van der Waals surface area contributed by atoms with E-state index in [1.165, 1.54) is 39.9 Å². The Morgan fingerprint density at radius 2 is 1.74 bits per heavy atom. The van der Waals surface area contributed by atoms with Gasteiger partial charge in [0, 0.05) is 23.5 Å². The number of ether oxygens (including phenoxy) is 2. The van der Waals surface area contributed by atoms with Crippen LogP contribution in [0.15, 0.2) is 65.6 Å². The molecule has 1 aromatic heterocycles. The van der Waals surface area contributed by atoms with E-state index >= 15 is 0 Å². The van der Waals surface area contributed by atoms with E-state index in [1.54, 1.807) is 13.0 Å². The minimum Gasteiger partial charge on any atom is -0.462 e. The molecule has 2 heterocycles. The molecule has 8 nitrogen and oxygen atoms in total. The topological polar surface area (TPSA) is 102 Å². The Morgan fingerprint density at radius 3 is 2.38 bits per heavy atom. The highest BCUT2D eigenvalue weighted by Gasteiger charge is 2.26. The van der Waals surface area contributed by atoms with Crippen LogP contribution in [0.1, 0.15) is 27.0 Å². The number of anilines is 1. The van der Waals surface area contributed by atoms with Crippen LogP contribution in [0.25, 0.3) is 10.4 Å². The maximum Gasteiger partial charge on any atom is 0.350 e. The van der Waals surface area contributed by atoms with Crippen LogP contribution < -0.4 is 5.32 Å². The van der Waals surface area contributed by atoms with Gasteiger partial charge in [0.05, 0.1) is 30.4 Å². The normalized spacial score (nSPS) is 14.5. The van der Waals surface area contributed by atoms with Gasteiger partial charge in [-0.15, -0.1) is 11.3 Å². The fourth-order valence-corrected chi connectivity index (χ4v) is 5.91. The van der Waals surface area contributed by atoms with E-state index < -0.39 is 21.9 Å². The third-order valence-corrected chi connectivity index (χ3v) is 8.30. The predicted octanol–water partition coefficient (Wildman–Crippen LogP) is 3.87. The number of carbonyl (C=O) groups excluding carboxylic acids is 2. The summed E-state index contributed by atoms with van der Waals surface area (Å²) in [5.74, 6) is -0.977. The highest BCUT2D eigenvalue weighted by Crippen LogP contribution is 2.35. The first kappa shape index (κ1) is 24.1. The summed E-state index contributed by atoms with van der Waals surface area (Å²) >= 11 is 1.24. The lowest BCUT2D eigenvalue weighted by molar-refractivity contribution is 0.0533. The smallest absolute Gasteiger partial charge is 0.350 e. The lowest BCUT2D eigenvalue weighted by Gasteiger charge is -2.26. The molecule has 2 aromatic carbocycles. The molecule has 0 radical (unpaired) electrons. The monoisotopic (exact) mass is 500 g/mol. The lowest BCUT2D eigenvalue weighted by atomic mass is 10.2. The number of hydrogen-bond acceptors (Lipinski definition) is 7. The highest BCUT2D eigenvalue weighted by atomic mass is 32.2. The molecule has 1 saturated heterocycles. The fraction of sp³-hybridized carbons (Fsp3) is 0.250. The van der Waals surface area contributed by atoms with Gasteiger partial charge in [0.1, 0.15) is 4.88 Å². The number of sulfonamides is 1. The Labute approximate surface area is 202 Å². The van der Waals surface area contributed by atoms with Crippen molar-refractivity contribution in [1.29, 1.82) is 0 Å². The van der Waals surface area contributed by atoms with Gasteiger partial charge in [-0.3, -0.25) is 4.79 Å². The Morgan fingerprint density at radius 1 is 1.06 bits per heavy atom. The van der Waals surface area contributed by atoms with Crippen LogP contribution >= 0.6 is 11.3 Å². The molecule has 1 aliphatic heterocycles. The van der Waals surface area contributed by atoms with Crippen LogP contribution in [-0.4, -0.2) is 57.5 Å². The molecule has 1 N–H and O–H groups in total. The second-order valence-electron chi connectivity index (χ2n) is 7.43. The van der Waals surface area contributed by atoms with Crippen molar-refractivity contribution in [2.75, 3.05) is 38.2 Å². The largest absolute Gasteiger partial charge is 0.462 e. The van der Waals surface area contributed by atoms with Crippen molar-refractivity contribution in [3.05, 3.63) is 71.1 Å². The summed E-state index contributed by atoms with van der Waals surface area (Å²) in [6.45, 7) is 3.23. The van der Waals surface area contributed by atoms with Gasteiger partial charge >= 0.3 is 5.97 Å². The molecule has 0 unspecified atom stereocenters. The van der Waals surface area contributed by atoms with E-state index in [0.717, 1.165) is 10.4 Å². The van der Waals surface area contributed by atoms with Crippen molar-refractivity contribution < 1.29 is 27.5 Å². The maximum atomic E-state index is 12.9. The van der Waals surface area contributed by atoms with Crippen LogP contribution in [0.4, 0.5) is 5.69 Å². The molecule has 1 amide bonds. The number of hydrogen-bond donors (Lipinski definition) is 1. The molecule has 0 bridgehead atoms. The summed E-state index contributed by atoms with van der Waals surface area (Å²) in [6.07, 6.45) is 0. The number of benzene rings is 2. The van der Waals surface area contributed by atoms with E-state index in [4.69, 9.17) is 9.47 Å². The third kappa shape index (κ3) is 5.20. The van der Waals surface area contributed by atoms with Crippen LogP contribution in [0.5, 0.6) is 0 Å². The maximum absolute atomic E-state index is 12.9. The first-order valence-electron chi connectivity index (χ1n) is 10.8. The molecule has 178 valence electrons. The summed E-state index contributed by atoms with van der Waals surface area (Å²) in [5.41, 5.74) is 1.52. The molecule has 0 atom stereocenters. The van der Waals surface area contributed by atoms with Gasteiger partial charge in [-0.2, -0.15) is 4.31 Å². The summed E-state index contributed by atoms with van der Waals surface area (Å²) < 4.78 is 37.3. The summed E-state index contributed by atoms with van der Waals surface area (Å²) in [6, 6.07) is 17.0. The Balaban J connectivity index is 1.56. The SMILES string of the molecule is CCOC(=O)c1sc(-c2ccccc2)cc1NC(=O)c1ccc(S(=O)(=O)N2CCOCC2)cc1. The molecule has 0 aliphatic carbocycles. The minimum atomic E-state index is -3.65. The number of nitrogens with one attached hydrogen (secondary N) is 1. The van der Waals surface area contributed by atoms with Crippen LogP contribution in [-0.2, 0) is 19.5 Å². The van der Waals surface area contributed by atoms with Gasteiger partial charge in [0.2, 0.25) is 10.0 Å². The van der Waals surface area contributed by atoms with E-state index in [-0.39, 0.29) is 17.1 Å². The van der Waals surface area contributed by atoms with Gasteiger partial charge in [-0.25, -0.2) is 13.2 Å². The van der Waals surface area contributed by atoms with Crippen LogP contribution in [0.2, 0.25) is 0 Å². The van der Waals surface area contributed by atoms with Crippen molar-refractivity contribution in [2.45, 2.75) is 11.8 Å². The molecule has 34 heavy (non-hydrogen) atoms. The zero-order valence-corrected chi connectivity index (χ0v) is 20.2. The first-order chi connectivity index (χ1) is 16.4. The molecule has 10 heteroatoms. The van der Waals surface area contributed by atoms with Crippen molar-refractivity contribution in [3.63, 3.8) is 0 Å². The molecule has 1 aliphatic rings. The van der Waals surface area contributed by atoms with Crippen LogP contribution in [0, 0.1) is 0 Å². The van der Waals surface area contributed by atoms with Gasteiger partial charge in [0.25, 0.3) is 5.91 Å². The third-order valence-electron chi connectivity index (χ3n) is 5.22. The number of thiophene rings is 1. The Bertz CT molecular complexity index is 1260. The van der Waals surface area contributed by atoms with Crippen molar-refractivity contribution >= 4 is 38.9 Å². The molecule has 1 fully saturated rings. The van der Waals surface area contributed by atoms with E-state index in [2.05, 4.69) is 5.32 Å². The van der Waals surface area contributed by atoms with E-state index in [1.807, 2.05) is 30.3 Å². The Hall–Kier alpha value is -3.05. The lowest BCUT2D eigenvalue weighted by Crippen LogP contribution is -2.40. The molecule has 0 saturated carbocycles. The minimum absolute atomic E-state index is 0.111. The standard InChI is InChI=1S/C24H24N2O6S2/c1-2-32-24(28)22-20(16-21(33-22)17-6-4-3-5-7-17)25-23(27)18-8-10-19(11-9-18)34(29,30)26-12-14-31-15-13-26/h3-11,16H,2,12-15H2,1H3,(H,25,27). The number of carbonyl (C=O) groups is 2. The molecule has 3 aromatic rings. The summed E-state index contributed by atoms with van der Waals surface area (Å²) in [5, 5.41) is 2.77. The van der Waals surface area contributed by atoms with Gasteiger partial charge in [0.15, 0.2) is 0 Å². The van der Waals surface area contributed by atoms with Crippen LogP contribution in [0.3, 0.4) is 0 Å². The second kappa shape index (κ2) is 10.5. The molecular weight excluding hydrogens is 476 g/mol. The quantitative estimate of drug-likeness (QED) is 0.494. The number of esters is 1. The van der Waals surface area contributed by atoms with Gasteiger partial charge < -0.3 is 14.8 Å². The zero-order valence-electron chi connectivity index (χ0n) is 18.5. The summed E-state index contributed by atoms with van der Waals surface area (Å²) in [4.78, 5) is 26.6. The van der Waals surface area contributed by atoms with Crippen molar-refractivity contribution in [1.82, 2.24) is 4.31 Å². The number of morpholine rings is 1. The number of nitrogens with zero attached hydrogens (tertiary/aromatic N) is 1. The zero-order chi connectivity index (χ0) is 24.1. The van der Waals surface area contributed by atoms with Crippen molar-refractivity contribution in [2.24, 2.45) is 0 Å². The average molecular weight is 501 g/mol. The number of amides is 1. The number of rotatable bonds is 7. The predicted molar refractivity (Wildman–Crippen MR) is 130 cm³/mol. The van der Waals surface area contributed by atoms with Gasteiger partial charge in [-0.05, 0) is 42.8 Å². The second-order valence-corrected chi connectivity index (χ2v) is 10.4. The molecule has 0 spiro atoms. The first-order valence-corrected chi connectivity index (χ1v) is 13.0.